The van der Waals surface area contributed by atoms with Crippen molar-refractivity contribution in [3.8, 4) is 5.69 Å². The fourth-order valence-corrected chi connectivity index (χ4v) is 4.10. The van der Waals surface area contributed by atoms with E-state index in [4.69, 9.17) is 11.6 Å². The Bertz CT molecular complexity index is 654. The molecule has 1 aromatic carbocycles. The Labute approximate surface area is 136 Å². The smallest absolute Gasteiger partial charge is 0.0660 e. The molecule has 3 heterocycles. The number of likely N-dealkylation sites (tertiary alicyclic amines) is 2. The molecule has 2 saturated heterocycles. The van der Waals surface area contributed by atoms with Gasteiger partial charge in [-0.25, -0.2) is 4.68 Å². The second kappa shape index (κ2) is 5.69. The Morgan fingerprint density at radius 3 is 2.68 bits per heavy atom. The van der Waals surface area contributed by atoms with Crippen molar-refractivity contribution >= 4 is 11.6 Å². The molecule has 0 unspecified atom stereocenters. The summed E-state index contributed by atoms with van der Waals surface area (Å²) in [5.74, 6) is 1.71. The summed E-state index contributed by atoms with van der Waals surface area (Å²) in [4.78, 5) is 5.03. The summed E-state index contributed by atoms with van der Waals surface area (Å²) in [6.07, 6.45) is 4.09. The van der Waals surface area contributed by atoms with Gasteiger partial charge in [0.15, 0.2) is 0 Å². The number of nitrogens with zero attached hydrogens (tertiary/aromatic N) is 4. The van der Waals surface area contributed by atoms with E-state index in [1.165, 1.54) is 31.7 Å². The van der Waals surface area contributed by atoms with Crippen LogP contribution in [0.4, 0.5) is 0 Å². The minimum absolute atomic E-state index is 0.742. The first-order chi connectivity index (χ1) is 10.7. The highest BCUT2D eigenvalue weighted by Gasteiger charge is 2.38. The fourth-order valence-electron chi connectivity index (χ4n) is 3.91. The Balaban J connectivity index is 1.43. The number of aromatic nitrogens is 2. The summed E-state index contributed by atoms with van der Waals surface area (Å²) in [5.41, 5.74) is 2.28. The maximum Gasteiger partial charge on any atom is 0.0660 e. The van der Waals surface area contributed by atoms with Gasteiger partial charge in [0.25, 0.3) is 0 Å². The van der Waals surface area contributed by atoms with Crippen LogP contribution >= 0.6 is 11.6 Å². The summed E-state index contributed by atoms with van der Waals surface area (Å²) in [5, 5.41) is 5.22. The van der Waals surface area contributed by atoms with Gasteiger partial charge in [-0.2, -0.15) is 5.10 Å². The van der Waals surface area contributed by atoms with Crippen LogP contribution in [0.15, 0.2) is 36.7 Å². The molecule has 116 valence electrons. The van der Waals surface area contributed by atoms with Crippen molar-refractivity contribution in [2.45, 2.75) is 6.54 Å². The Morgan fingerprint density at radius 1 is 1.18 bits per heavy atom. The van der Waals surface area contributed by atoms with Crippen LogP contribution in [0.3, 0.4) is 0 Å². The van der Waals surface area contributed by atoms with Gasteiger partial charge in [0.05, 0.1) is 11.9 Å². The molecule has 0 saturated carbocycles. The zero-order chi connectivity index (χ0) is 15.1. The Morgan fingerprint density at radius 2 is 1.95 bits per heavy atom. The maximum atomic E-state index is 6.05. The van der Waals surface area contributed by atoms with E-state index in [1.54, 1.807) is 0 Å². The third kappa shape index (κ3) is 2.78. The van der Waals surface area contributed by atoms with E-state index < -0.39 is 0 Å². The first-order valence-corrected chi connectivity index (χ1v) is 8.25. The van der Waals surface area contributed by atoms with E-state index in [1.807, 2.05) is 35.1 Å². The minimum atomic E-state index is 0.742. The quantitative estimate of drug-likeness (QED) is 0.869. The lowest BCUT2D eigenvalue weighted by molar-refractivity contribution is 0.272. The number of halogens is 1. The van der Waals surface area contributed by atoms with Crippen molar-refractivity contribution in [2.24, 2.45) is 11.8 Å². The number of fused-ring (bicyclic) bond motifs is 1. The number of rotatable bonds is 3. The molecule has 1 aromatic heterocycles. The third-order valence-electron chi connectivity index (χ3n) is 4.86. The Kier molecular flexibility index (Phi) is 3.68. The first-order valence-electron chi connectivity index (χ1n) is 7.88. The van der Waals surface area contributed by atoms with Crippen molar-refractivity contribution in [1.29, 1.82) is 0 Å². The monoisotopic (exact) mass is 316 g/mol. The van der Waals surface area contributed by atoms with Crippen LogP contribution in [-0.2, 0) is 6.54 Å². The van der Waals surface area contributed by atoms with Crippen LogP contribution in [-0.4, -0.2) is 52.8 Å². The van der Waals surface area contributed by atoms with Gasteiger partial charge in [-0.05, 0) is 37.1 Å². The minimum Gasteiger partial charge on any atom is -0.306 e. The highest BCUT2D eigenvalue weighted by molar-refractivity contribution is 6.30. The maximum absolute atomic E-state index is 6.05. The third-order valence-corrected chi connectivity index (χ3v) is 5.09. The topological polar surface area (TPSA) is 24.3 Å². The van der Waals surface area contributed by atoms with Gasteiger partial charge in [-0.15, -0.1) is 0 Å². The van der Waals surface area contributed by atoms with E-state index in [0.29, 0.717) is 0 Å². The van der Waals surface area contributed by atoms with Gasteiger partial charge < -0.3 is 4.90 Å². The summed E-state index contributed by atoms with van der Waals surface area (Å²) >= 11 is 6.05. The van der Waals surface area contributed by atoms with Gasteiger partial charge in [-0.3, -0.25) is 4.90 Å². The zero-order valence-electron chi connectivity index (χ0n) is 12.8. The second-order valence-corrected chi connectivity index (χ2v) is 7.14. The van der Waals surface area contributed by atoms with Crippen LogP contribution < -0.4 is 0 Å². The average Bonchev–Trinajstić information content (AvgIpc) is 3.14. The van der Waals surface area contributed by atoms with E-state index in [9.17, 15) is 0 Å². The number of hydrogen-bond donors (Lipinski definition) is 0. The van der Waals surface area contributed by atoms with Crippen molar-refractivity contribution in [1.82, 2.24) is 19.6 Å². The van der Waals surface area contributed by atoms with Crippen LogP contribution in [0.2, 0.25) is 5.02 Å². The number of hydrogen-bond acceptors (Lipinski definition) is 3. The van der Waals surface area contributed by atoms with E-state index in [0.717, 1.165) is 29.1 Å². The molecule has 0 N–H and O–H groups in total. The largest absolute Gasteiger partial charge is 0.306 e. The van der Waals surface area contributed by atoms with Crippen molar-refractivity contribution in [2.75, 3.05) is 33.2 Å². The van der Waals surface area contributed by atoms with Gasteiger partial charge >= 0.3 is 0 Å². The fraction of sp³-hybridized carbons (Fsp3) is 0.471. The molecule has 4 rings (SSSR count). The molecule has 0 bridgehead atoms. The molecule has 5 heteroatoms. The highest BCUT2D eigenvalue weighted by atomic mass is 35.5. The van der Waals surface area contributed by atoms with E-state index >= 15 is 0 Å². The predicted octanol–water partition coefficient (Wildman–Crippen LogP) is 2.52. The molecular weight excluding hydrogens is 296 g/mol. The van der Waals surface area contributed by atoms with Gasteiger partial charge in [0.1, 0.15) is 0 Å². The zero-order valence-corrected chi connectivity index (χ0v) is 13.6. The van der Waals surface area contributed by atoms with E-state index in [-0.39, 0.29) is 0 Å². The van der Waals surface area contributed by atoms with Gasteiger partial charge in [0.2, 0.25) is 0 Å². The van der Waals surface area contributed by atoms with E-state index in [2.05, 4.69) is 28.1 Å². The number of benzene rings is 1. The van der Waals surface area contributed by atoms with Gasteiger partial charge in [-0.1, -0.05) is 17.7 Å². The highest BCUT2D eigenvalue weighted by Crippen LogP contribution is 2.31. The molecule has 2 aliphatic rings. The van der Waals surface area contributed by atoms with Crippen molar-refractivity contribution in [3.05, 3.63) is 47.2 Å². The molecule has 0 amide bonds. The summed E-state index contributed by atoms with van der Waals surface area (Å²) in [7, 11) is 2.23. The van der Waals surface area contributed by atoms with Crippen molar-refractivity contribution in [3.63, 3.8) is 0 Å². The molecule has 2 atom stereocenters. The molecule has 0 radical (unpaired) electrons. The lowest BCUT2D eigenvalue weighted by Crippen LogP contribution is -2.26. The van der Waals surface area contributed by atoms with Crippen LogP contribution in [0.1, 0.15) is 5.56 Å². The summed E-state index contributed by atoms with van der Waals surface area (Å²) in [6.45, 7) is 5.94. The SMILES string of the molecule is CN1C[C@@H]2CN(Cc3cnn(-c4cccc(Cl)c4)c3)C[C@@H]2C1. The molecule has 4 nitrogen and oxygen atoms in total. The molecule has 22 heavy (non-hydrogen) atoms. The van der Waals surface area contributed by atoms with Crippen LogP contribution in [0, 0.1) is 11.8 Å². The normalized spacial score (nSPS) is 25.7. The van der Waals surface area contributed by atoms with Crippen LogP contribution in [0.25, 0.3) is 5.69 Å². The standard InChI is InChI=1S/C17H21ClN4/c1-20-9-14-11-21(12-15(14)10-20)7-13-6-19-22(8-13)17-4-2-3-16(18)5-17/h2-6,8,14-15H,7,9-12H2,1H3/t14-,15+. The van der Waals surface area contributed by atoms with Gasteiger partial charge in [0, 0.05) is 49.5 Å². The second-order valence-electron chi connectivity index (χ2n) is 6.71. The molecule has 2 aliphatic heterocycles. The lowest BCUT2D eigenvalue weighted by atomic mass is 10.0. The predicted molar refractivity (Wildman–Crippen MR) is 88.3 cm³/mol. The van der Waals surface area contributed by atoms with Crippen LogP contribution in [0.5, 0.6) is 0 Å². The first kappa shape index (κ1) is 14.2. The summed E-state index contributed by atoms with van der Waals surface area (Å²) < 4.78 is 1.91. The molecule has 0 spiro atoms. The Hall–Kier alpha value is -1.36. The molecule has 2 fully saturated rings. The molecular formula is C17H21ClN4. The summed E-state index contributed by atoms with van der Waals surface area (Å²) in [6, 6.07) is 7.81. The van der Waals surface area contributed by atoms with Crippen molar-refractivity contribution < 1.29 is 0 Å². The average molecular weight is 317 g/mol. The molecule has 2 aromatic rings. The lowest BCUT2D eigenvalue weighted by Gasteiger charge is -2.17. The molecule has 0 aliphatic carbocycles.